The Kier molecular flexibility index (Phi) is 7.23. The van der Waals surface area contributed by atoms with Gasteiger partial charge in [-0.05, 0) is 56.5 Å². The standard InChI is InChI=1S/C21H24F3N3O2S/c1-14-5-3-4-11-27(14)19(28)10-12-30-20-25-17(13-18(26-20)21(22,23)24)15-6-8-16(29-2)9-7-15/h6-9,13-14H,3-5,10-12H2,1-2H3. The molecule has 30 heavy (non-hydrogen) atoms. The van der Waals surface area contributed by atoms with Crippen LogP contribution < -0.4 is 4.74 Å². The topological polar surface area (TPSA) is 55.3 Å². The van der Waals surface area contributed by atoms with Gasteiger partial charge in [0.25, 0.3) is 0 Å². The Bertz CT molecular complexity index is 875. The molecule has 5 nitrogen and oxygen atoms in total. The van der Waals surface area contributed by atoms with Gasteiger partial charge in [-0.15, -0.1) is 0 Å². The average Bonchev–Trinajstić information content (AvgIpc) is 2.73. The van der Waals surface area contributed by atoms with Crippen molar-refractivity contribution >= 4 is 17.7 Å². The van der Waals surface area contributed by atoms with E-state index >= 15 is 0 Å². The lowest BCUT2D eigenvalue weighted by molar-refractivity contribution is -0.141. The van der Waals surface area contributed by atoms with Crippen molar-refractivity contribution in [3.8, 4) is 17.0 Å². The van der Waals surface area contributed by atoms with Crippen LogP contribution >= 0.6 is 11.8 Å². The molecule has 0 aliphatic carbocycles. The average molecular weight is 440 g/mol. The molecule has 3 rings (SSSR count). The summed E-state index contributed by atoms with van der Waals surface area (Å²) in [6, 6.07) is 7.77. The fourth-order valence-electron chi connectivity index (χ4n) is 3.39. The highest BCUT2D eigenvalue weighted by Crippen LogP contribution is 2.32. The first-order valence-electron chi connectivity index (χ1n) is 9.81. The van der Waals surface area contributed by atoms with Gasteiger partial charge in [0.15, 0.2) is 5.16 Å². The molecule has 1 atom stereocenters. The summed E-state index contributed by atoms with van der Waals surface area (Å²) in [5.74, 6) is 0.951. The molecule has 0 bridgehead atoms. The van der Waals surface area contributed by atoms with Gasteiger partial charge in [-0.1, -0.05) is 11.8 Å². The van der Waals surface area contributed by atoms with Crippen molar-refractivity contribution in [2.75, 3.05) is 19.4 Å². The molecule has 0 saturated carbocycles. The molecule has 1 saturated heterocycles. The number of ether oxygens (including phenoxy) is 1. The minimum absolute atomic E-state index is 0.00938. The van der Waals surface area contributed by atoms with Crippen LogP contribution in [0, 0.1) is 0 Å². The molecule has 9 heteroatoms. The molecule has 0 radical (unpaired) electrons. The summed E-state index contributed by atoms with van der Waals surface area (Å²) in [4.78, 5) is 22.3. The van der Waals surface area contributed by atoms with E-state index in [2.05, 4.69) is 9.97 Å². The van der Waals surface area contributed by atoms with Crippen LogP contribution in [0.3, 0.4) is 0 Å². The van der Waals surface area contributed by atoms with Crippen LogP contribution in [0.2, 0.25) is 0 Å². The Morgan fingerprint density at radius 3 is 2.60 bits per heavy atom. The number of aromatic nitrogens is 2. The zero-order valence-electron chi connectivity index (χ0n) is 16.9. The number of halogens is 3. The lowest BCUT2D eigenvalue weighted by Gasteiger charge is -2.33. The molecule has 1 aromatic carbocycles. The van der Waals surface area contributed by atoms with Gasteiger partial charge in [-0.25, -0.2) is 9.97 Å². The second kappa shape index (κ2) is 9.68. The third-order valence-electron chi connectivity index (χ3n) is 5.05. The molecule has 2 heterocycles. The Morgan fingerprint density at radius 2 is 1.97 bits per heavy atom. The molecule has 1 unspecified atom stereocenters. The van der Waals surface area contributed by atoms with E-state index in [4.69, 9.17) is 4.74 Å². The number of alkyl halides is 3. The van der Waals surface area contributed by atoms with Gasteiger partial charge in [-0.3, -0.25) is 4.79 Å². The van der Waals surface area contributed by atoms with E-state index < -0.39 is 11.9 Å². The maximum absolute atomic E-state index is 13.3. The fourth-order valence-corrected chi connectivity index (χ4v) is 4.17. The van der Waals surface area contributed by atoms with Crippen molar-refractivity contribution < 1.29 is 22.7 Å². The number of amides is 1. The summed E-state index contributed by atoms with van der Waals surface area (Å²) in [5.41, 5.74) is -0.288. The minimum Gasteiger partial charge on any atom is -0.497 e. The monoisotopic (exact) mass is 439 g/mol. The highest BCUT2D eigenvalue weighted by atomic mass is 32.2. The highest BCUT2D eigenvalue weighted by molar-refractivity contribution is 7.99. The number of carbonyl (C=O) groups excluding carboxylic acids is 1. The van der Waals surface area contributed by atoms with Crippen LogP contribution in [-0.2, 0) is 11.0 Å². The number of nitrogens with zero attached hydrogens (tertiary/aromatic N) is 3. The van der Waals surface area contributed by atoms with Crippen LogP contribution in [0.25, 0.3) is 11.3 Å². The Balaban J connectivity index is 1.74. The summed E-state index contributed by atoms with van der Waals surface area (Å²) < 4.78 is 45.1. The van der Waals surface area contributed by atoms with E-state index in [-0.39, 0.29) is 29.2 Å². The van der Waals surface area contributed by atoms with Crippen molar-refractivity contribution in [1.82, 2.24) is 14.9 Å². The van der Waals surface area contributed by atoms with Crippen LogP contribution in [0.1, 0.15) is 38.3 Å². The minimum atomic E-state index is -4.58. The first-order valence-corrected chi connectivity index (χ1v) is 10.8. The van der Waals surface area contributed by atoms with Gasteiger partial charge < -0.3 is 9.64 Å². The van der Waals surface area contributed by atoms with Gasteiger partial charge in [0.05, 0.1) is 12.8 Å². The third kappa shape index (κ3) is 5.65. The van der Waals surface area contributed by atoms with E-state index in [0.717, 1.165) is 43.6 Å². The van der Waals surface area contributed by atoms with Crippen molar-refractivity contribution in [2.45, 2.75) is 50.0 Å². The summed E-state index contributed by atoms with van der Waals surface area (Å²) >= 11 is 1.07. The third-order valence-corrected chi connectivity index (χ3v) is 5.90. The molecule has 0 N–H and O–H groups in total. The van der Waals surface area contributed by atoms with E-state index in [1.54, 1.807) is 24.3 Å². The molecular formula is C21H24F3N3O2S. The molecule has 1 aliphatic rings. The highest BCUT2D eigenvalue weighted by Gasteiger charge is 2.34. The van der Waals surface area contributed by atoms with E-state index in [1.165, 1.54) is 7.11 Å². The molecule has 1 fully saturated rings. The van der Waals surface area contributed by atoms with Crippen molar-refractivity contribution in [2.24, 2.45) is 0 Å². The summed E-state index contributed by atoms with van der Waals surface area (Å²) in [6.07, 6.45) is -1.25. The molecule has 1 amide bonds. The zero-order valence-corrected chi connectivity index (χ0v) is 17.7. The first-order chi connectivity index (χ1) is 14.3. The molecule has 162 valence electrons. The second-order valence-electron chi connectivity index (χ2n) is 7.18. The lowest BCUT2D eigenvalue weighted by atomic mass is 10.0. The Morgan fingerprint density at radius 1 is 1.23 bits per heavy atom. The molecule has 2 aromatic rings. The quantitative estimate of drug-likeness (QED) is 0.466. The number of methoxy groups -OCH3 is 1. The number of piperidine rings is 1. The fraction of sp³-hybridized carbons (Fsp3) is 0.476. The number of thioether (sulfide) groups is 1. The van der Waals surface area contributed by atoms with Gasteiger partial charge in [-0.2, -0.15) is 13.2 Å². The number of rotatable bonds is 6. The maximum Gasteiger partial charge on any atom is 0.433 e. The summed E-state index contributed by atoms with van der Waals surface area (Å²) in [5, 5.41) is 0.00938. The van der Waals surface area contributed by atoms with Crippen LogP contribution in [-0.4, -0.2) is 46.2 Å². The van der Waals surface area contributed by atoms with Gasteiger partial charge in [0.1, 0.15) is 11.4 Å². The number of likely N-dealkylation sites (tertiary alicyclic amines) is 1. The second-order valence-corrected chi connectivity index (χ2v) is 8.24. The maximum atomic E-state index is 13.3. The molecule has 0 spiro atoms. The number of hydrogen-bond donors (Lipinski definition) is 0. The Labute approximate surface area is 178 Å². The number of benzene rings is 1. The zero-order chi connectivity index (χ0) is 21.7. The van der Waals surface area contributed by atoms with E-state index in [0.29, 0.717) is 17.1 Å². The van der Waals surface area contributed by atoms with Gasteiger partial charge in [0.2, 0.25) is 5.91 Å². The molecular weight excluding hydrogens is 415 g/mol. The number of hydrogen-bond acceptors (Lipinski definition) is 5. The first kappa shape index (κ1) is 22.4. The number of carbonyl (C=O) groups is 1. The largest absolute Gasteiger partial charge is 0.497 e. The van der Waals surface area contributed by atoms with Crippen molar-refractivity contribution in [1.29, 1.82) is 0 Å². The SMILES string of the molecule is COc1ccc(-c2cc(C(F)(F)F)nc(SCCC(=O)N3CCCCC3C)n2)cc1. The Hall–Kier alpha value is -2.29. The van der Waals surface area contributed by atoms with E-state index in [1.807, 2.05) is 11.8 Å². The van der Waals surface area contributed by atoms with Gasteiger partial charge in [0, 0.05) is 30.3 Å². The van der Waals surface area contributed by atoms with Crippen LogP contribution in [0.15, 0.2) is 35.5 Å². The lowest BCUT2D eigenvalue weighted by Crippen LogP contribution is -2.42. The van der Waals surface area contributed by atoms with Gasteiger partial charge >= 0.3 is 6.18 Å². The van der Waals surface area contributed by atoms with Crippen molar-refractivity contribution in [3.63, 3.8) is 0 Å². The summed E-state index contributed by atoms with van der Waals surface area (Å²) in [7, 11) is 1.52. The smallest absolute Gasteiger partial charge is 0.433 e. The predicted octanol–water partition coefficient (Wildman–Crippen LogP) is 5.05. The summed E-state index contributed by atoms with van der Waals surface area (Å²) in [6.45, 7) is 2.77. The van der Waals surface area contributed by atoms with Crippen LogP contribution in [0.5, 0.6) is 5.75 Å². The predicted molar refractivity (Wildman–Crippen MR) is 109 cm³/mol. The van der Waals surface area contributed by atoms with E-state index in [9.17, 15) is 18.0 Å². The molecule has 1 aliphatic heterocycles. The van der Waals surface area contributed by atoms with Crippen LogP contribution in [0.4, 0.5) is 13.2 Å². The van der Waals surface area contributed by atoms with Crippen molar-refractivity contribution in [3.05, 3.63) is 36.0 Å². The normalized spacial score (nSPS) is 17.1. The molecule has 1 aromatic heterocycles.